The van der Waals surface area contributed by atoms with Crippen molar-refractivity contribution in [1.29, 1.82) is 0 Å². The maximum absolute atomic E-state index is 12.7. The Balaban J connectivity index is 1.73. The molecule has 10 nitrogen and oxygen atoms in total. The van der Waals surface area contributed by atoms with Crippen LogP contribution in [-0.2, 0) is 26.0 Å². The van der Waals surface area contributed by atoms with Crippen molar-refractivity contribution in [2.45, 2.75) is 24.6 Å². The zero-order valence-electron chi connectivity index (χ0n) is 16.7. The van der Waals surface area contributed by atoms with Crippen LogP contribution in [0.25, 0.3) is 11.1 Å². The van der Waals surface area contributed by atoms with Gasteiger partial charge in [0.1, 0.15) is 7.11 Å². The fourth-order valence-electron chi connectivity index (χ4n) is 3.17. The van der Waals surface area contributed by atoms with Gasteiger partial charge in [-0.2, -0.15) is 0 Å². The van der Waals surface area contributed by atoms with Gasteiger partial charge in [-0.25, -0.2) is 18.7 Å². The van der Waals surface area contributed by atoms with Crippen LogP contribution in [0.4, 0.5) is 4.79 Å². The van der Waals surface area contributed by atoms with Gasteiger partial charge in [0, 0.05) is 35.1 Å². The molecule has 0 unspecified atom stereocenters. The molecule has 2 aromatic rings. The van der Waals surface area contributed by atoms with Crippen LogP contribution >= 0.6 is 11.3 Å². The number of oxime groups is 1. The van der Waals surface area contributed by atoms with Crippen molar-refractivity contribution in [3.8, 4) is 11.1 Å². The molecular formula is C18H22N4O6S2. The summed E-state index contributed by atoms with van der Waals surface area (Å²) in [6, 6.07) is 3.53. The Labute approximate surface area is 177 Å². The third kappa shape index (κ3) is 3.98. The van der Waals surface area contributed by atoms with Crippen molar-refractivity contribution < 1.29 is 28.1 Å². The lowest BCUT2D eigenvalue weighted by molar-refractivity contribution is -0.131. The maximum Gasteiger partial charge on any atom is 0.328 e. The van der Waals surface area contributed by atoms with Gasteiger partial charge in [0.2, 0.25) is 0 Å². The molecule has 3 heterocycles. The highest BCUT2D eigenvalue weighted by Gasteiger charge is 2.44. The highest BCUT2D eigenvalue weighted by atomic mass is 32.2. The van der Waals surface area contributed by atoms with E-state index in [0.717, 1.165) is 28.0 Å². The van der Waals surface area contributed by atoms with E-state index in [1.54, 1.807) is 12.4 Å². The fourth-order valence-corrected chi connectivity index (χ4v) is 4.78. The minimum atomic E-state index is -3.82. The molecule has 3 rings (SSSR count). The molecule has 0 saturated heterocycles. The molecule has 1 aliphatic rings. The summed E-state index contributed by atoms with van der Waals surface area (Å²) in [6.07, 6.45) is 4.12. The zero-order chi connectivity index (χ0) is 22.1. The molecule has 0 fully saturated rings. The van der Waals surface area contributed by atoms with Crippen LogP contribution < -0.4 is 5.48 Å². The van der Waals surface area contributed by atoms with E-state index in [9.17, 15) is 18.0 Å². The summed E-state index contributed by atoms with van der Waals surface area (Å²) < 4.78 is 23.8. The Morgan fingerprint density at radius 3 is 2.77 bits per heavy atom. The van der Waals surface area contributed by atoms with Gasteiger partial charge in [0.25, 0.3) is 5.91 Å². The quantitative estimate of drug-likeness (QED) is 0.355. The zero-order valence-corrected chi connectivity index (χ0v) is 18.3. The lowest BCUT2D eigenvalue weighted by atomic mass is 10.1. The molecular weight excluding hydrogens is 432 g/mol. The largest absolute Gasteiger partial charge is 0.399 e. The van der Waals surface area contributed by atoms with Crippen LogP contribution in [0.2, 0.25) is 0 Å². The van der Waals surface area contributed by atoms with Crippen molar-refractivity contribution in [2.24, 2.45) is 5.16 Å². The smallest absolute Gasteiger partial charge is 0.328 e. The van der Waals surface area contributed by atoms with Gasteiger partial charge in [-0.15, -0.1) is 11.3 Å². The van der Waals surface area contributed by atoms with Crippen molar-refractivity contribution in [3.05, 3.63) is 34.3 Å². The lowest BCUT2D eigenvalue weighted by Gasteiger charge is -2.27. The lowest BCUT2D eigenvalue weighted by Crippen LogP contribution is -2.50. The molecule has 0 radical (unpaired) electrons. The first-order valence-electron chi connectivity index (χ1n) is 8.91. The number of hydrogen-bond acceptors (Lipinski definition) is 8. The standard InChI is InChI=1S/C18H22N4O6S2/c1-18(16(23)20-25,30(3,26)27)4-5-21-10-14-6-12(9-22(14)17(21)24)13-7-15(29-11-13)8-19-28-2/h6-9,11,25H,4-5,10H2,1-3H3,(H,20,23)/t18-/m1/s1. The van der Waals surface area contributed by atoms with Crippen LogP contribution in [-0.4, -0.2) is 65.9 Å². The summed E-state index contributed by atoms with van der Waals surface area (Å²) in [5.74, 6) is -1.02. The first-order chi connectivity index (χ1) is 14.1. The molecule has 30 heavy (non-hydrogen) atoms. The molecule has 0 bridgehead atoms. The number of nitrogens with one attached hydrogen (secondary N) is 1. The van der Waals surface area contributed by atoms with E-state index < -0.39 is 20.5 Å². The highest BCUT2D eigenvalue weighted by molar-refractivity contribution is 7.92. The first kappa shape index (κ1) is 22.0. The van der Waals surface area contributed by atoms with Gasteiger partial charge in [0.05, 0.1) is 12.8 Å². The van der Waals surface area contributed by atoms with Gasteiger partial charge in [0.15, 0.2) is 14.6 Å². The van der Waals surface area contributed by atoms with Crippen LogP contribution in [0, 0.1) is 0 Å². The SMILES string of the molecule is CON=Cc1cc(-c2cc3n(c2)C(=O)N(CC[C@](C)(C(=O)NO)S(C)(=O)=O)C3)cs1. The molecule has 1 aliphatic heterocycles. The number of thiophene rings is 1. The van der Waals surface area contributed by atoms with Crippen LogP contribution in [0.1, 0.15) is 23.9 Å². The van der Waals surface area contributed by atoms with Gasteiger partial charge < -0.3 is 9.74 Å². The predicted octanol–water partition coefficient (Wildman–Crippen LogP) is 1.68. The Bertz CT molecular complexity index is 1100. The maximum atomic E-state index is 12.7. The normalized spacial score (nSPS) is 16.0. The molecule has 0 aromatic carbocycles. The topological polar surface area (TPSA) is 130 Å². The van der Waals surface area contributed by atoms with Crippen LogP contribution in [0.15, 0.2) is 28.9 Å². The third-order valence-electron chi connectivity index (χ3n) is 5.23. The minimum Gasteiger partial charge on any atom is -0.399 e. The average molecular weight is 455 g/mol. The van der Waals surface area contributed by atoms with E-state index in [4.69, 9.17) is 5.21 Å². The Morgan fingerprint density at radius 2 is 2.17 bits per heavy atom. The molecule has 2 N–H and O–H groups in total. The van der Waals surface area contributed by atoms with Crippen molar-refractivity contribution in [3.63, 3.8) is 0 Å². The van der Waals surface area contributed by atoms with Crippen LogP contribution in [0.5, 0.6) is 0 Å². The van der Waals surface area contributed by atoms with E-state index in [1.807, 2.05) is 17.5 Å². The number of hydroxylamine groups is 1. The summed E-state index contributed by atoms with van der Waals surface area (Å²) in [6.45, 7) is 1.57. The Morgan fingerprint density at radius 1 is 1.43 bits per heavy atom. The van der Waals surface area contributed by atoms with E-state index >= 15 is 0 Å². The second-order valence-electron chi connectivity index (χ2n) is 7.14. The number of carbonyl (C=O) groups excluding carboxylic acids is 2. The monoisotopic (exact) mass is 454 g/mol. The Hall–Kier alpha value is -2.70. The number of sulfone groups is 1. The summed E-state index contributed by atoms with van der Waals surface area (Å²) in [4.78, 5) is 31.7. The number of nitrogens with zero attached hydrogens (tertiary/aromatic N) is 3. The third-order valence-corrected chi connectivity index (χ3v) is 8.12. The van der Waals surface area contributed by atoms with E-state index in [0.29, 0.717) is 6.54 Å². The number of aromatic nitrogens is 1. The van der Waals surface area contributed by atoms with Gasteiger partial charge in [-0.1, -0.05) is 5.16 Å². The van der Waals surface area contributed by atoms with Crippen molar-refractivity contribution in [2.75, 3.05) is 19.9 Å². The number of hydrogen-bond donors (Lipinski definition) is 2. The number of fused-ring (bicyclic) bond motifs is 1. The van der Waals surface area contributed by atoms with E-state index in [-0.39, 0.29) is 19.0 Å². The number of rotatable bonds is 8. The molecule has 2 aromatic heterocycles. The first-order valence-corrected chi connectivity index (χ1v) is 11.7. The van der Waals surface area contributed by atoms with Gasteiger partial charge in [-0.05, 0) is 36.4 Å². The second kappa shape index (κ2) is 8.20. The summed E-state index contributed by atoms with van der Waals surface area (Å²) >= 11 is 1.50. The molecule has 0 saturated carbocycles. The van der Waals surface area contributed by atoms with Gasteiger partial charge in [-0.3, -0.25) is 14.6 Å². The average Bonchev–Trinajstić information content (AvgIpc) is 3.39. The van der Waals surface area contributed by atoms with Crippen molar-refractivity contribution in [1.82, 2.24) is 14.9 Å². The summed E-state index contributed by atoms with van der Waals surface area (Å²) in [5, 5.41) is 14.6. The molecule has 0 spiro atoms. The summed E-state index contributed by atoms with van der Waals surface area (Å²) in [5.41, 5.74) is 4.00. The fraction of sp³-hybridized carbons (Fsp3) is 0.389. The number of carbonyl (C=O) groups is 2. The highest BCUT2D eigenvalue weighted by Crippen LogP contribution is 2.31. The molecule has 12 heteroatoms. The Kier molecular flexibility index (Phi) is 6.01. The van der Waals surface area contributed by atoms with E-state index in [1.165, 1.54) is 40.3 Å². The molecule has 2 amide bonds. The van der Waals surface area contributed by atoms with Crippen molar-refractivity contribution >= 4 is 39.3 Å². The second-order valence-corrected chi connectivity index (χ2v) is 10.5. The summed E-state index contributed by atoms with van der Waals surface area (Å²) in [7, 11) is -2.35. The molecule has 162 valence electrons. The van der Waals surface area contributed by atoms with Gasteiger partial charge >= 0.3 is 6.03 Å². The molecule has 1 atom stereocenters. The van der Waals surface area contributed by atoms with Crippen LogP contribution in [0.3, 0.4) is 0 Å². The van der Waals surface area contributed by atoms with E-state index in [2.05, 4.69) is 9.99 Å². The minimum absolute atomic E-state index is 0.0446. The predicted molar refractivity (Wildman–Crippen MR) is 111 cm³/mol. The number of amides is 2. The molecule has 0 aliphatic carbocycles.